The molecule has 1 aromatic heterocycles. The molecule has 0 aliphatic rings. The van der Waals surface area contributed by atoms with E-state index in [0.29, 0.717) is 13.0 Å². The fourth-order valence-corrected chi connectivity index (χ4v) is 2.43. The molecule has 118 valence electrons. The molecule has 1 heterocycles. The summed E-state index contributed by atoms with van der Waals surface area (Å²) in [5.41, 5.74) is 9.53. The van der Waals surface area contributed by atoms with Gasteiger partial charge >= 0.3 is 0 Å². The van der Waals surface area contributed by atoms with Gasteiger partial charge in [-0.05, 0) is 32.9 Å². The van der Waals surface area contributed by atoms with Crippen molar-refractivity contribution in [3.05, 3.63) is 47.3 Å². The first kappa shape index (κ1) is 16.2. The van der Waals surface area contributed by atoms with Crippen molar-refractivity contribution in [3.63, 3.8) is 0 Å². The first-order valence-corrected chi connectivity index (χ1v) is 7.52. The van der Waals surface area contributed by atoms with Gasteiger partial charge in [0.05, 0.1) is 17.8 Å². The zero-order valence-corrected chi connectivity index (χ0v) is 13.7. The highest BCUT2D eigenvalue weighted by molar-refractivity contribution is 5.79. The van der Waals surface area contributed by atoms with E-state index in [9.17, 15) is 4.79 Å². The van der Waals surface area contributed by atoms with Crippen molar-refractivity contribution >= 4 is 5.91 Å². The zero-order valence-electron chi connectivity index (χ0n) is 13.7. The second kappa shape index (κ2) is 6.75. The number of carbonyl (C=O) groups excluding carboxylic acids is 1. The molecule has 0 saturated heterocycles. The third-order valence-electron chi connectivity index (χ3n) is 4.17. The molecular formula is C17H24N4O. The van der Waals surface area contributed by atoms with Crippen molar-refractivity contribution in [2.45, 2.75) is 33.2 Å². The van der Waals surface area contributed by atoms with Gasteiger partial charge in [0.25, 0.3) is 0 Å². The molecule has 2 rings (SSSR count). The van der Waals surface area contributed by atoms with Crippen LogP contribution in [-0.4, -0.2) is 40.2 Å². The molecule has 1 amide bonds. The van der Waals surface area contributed by atoms with E-state index in [-0.39, 0.29) is 11.9 Å². The van der Waals surface area contributed by atoms with Gasteiger partial charge in [-0.3, -0.25) is 4.79 Å². The normalized spacial score (nSPS) is 12.2. The van der Waals surface area contributed by atoms with Crippen LogP contribution < -0.4 is 5.73 Å². The summed E-state index contributed by atoms with van der Waals surface area (Å²) < 4.78 is 1.89. The van der Waals surface area contributed by atoms with Gasteiger partial charge in [-0.25, -0.2) is 4.68 Å². The van der Waals surface area contributed by atoms with Gasteiger partial charge in [-0.2, -0.15) is 5.10 Å². The number of carbonyl (C=O) groups is 1. The maximum atomic E-state index is 12.4. The average Bonchev–Trinajstić information content (AvgIpc) is 2.82. The Kier molecular flexibility index (Phi) is 4.98. The highest BCUT2D eigenvalue weighted by Gasteiger charge is 2.20. The lowest BCUT2D eigenvalue weighted by Gasteiger charge is -2.23. The summed E-state index contributed by atoms with van der Waals surface area (Å²) in [5.74, 6) is 0.0664. The molecule has 0 radical (unpaired) electrons. The number of rotatable bonds is 5. The van der Waals surface area contributed by atoms with Crippen LogP contribution in [0.15, 0.2) is 30.3 Å². The van der Waals surface area contributed by atoms with Crippen LogP contribution in [0.1, 0.15) is 23.9 Å². The predicted molar refractivity (Wildman–Crippen MR) is 88.0 cm³/mol. The molecule has 2 N–H and O–H groups in total. The van der Waals surface area contributed by atoms with Gasteiger partial charge in [0.2, 0.25) is 5.91 Å². The highest BCUT2D eigenvalue weighted by Crippen LogP contribution is 2.19. The van der Waals surface area contributed by atoms with Crippen molar-refractivity contribution in [2.75, 3.05) is 13.6 Å². The van der Waals surface area contributed by atoms with Crippen LogP contribution in [0.4, 0.5) is 0 Å². The Morgan fingerprint density at radius 3 is 2.55 bits per heavy atom. The molecule has 5 heteroatoms. The molecule has 0 aliphatic carbocycles. The topological polar surface area (TPSA) is 64.2 Å². The smallest absolute Gasteiger partial charge is 0.227 e. The molecule has 0 saturated carbocycles. The monoisotopic (exact) mass is 300 g/mol. The third kappa shape index (κ3) is 3.20. The number of likely N-dealkylation sites (N-methyl/N-ethyl adjacent to an activating group) is 1. The Labute approximate surface area is 131 Å². The van der Waals surface area contributed by atoms with Gasteiger partial charge in [0.1, 0.15) is 0 Å². The van der Waals surface area contributed by atoms with Crippen molar-refractivity contribution in [1.29, 1.82) is 0 Å². The molecule has 1 unspecified atom stereocenters. The van der Waals surface area contributed by atoms with Gasteiger partial charge in [-0.15, -0.1) is 0 Å². The molecule has 2 aromatic rings. The minimum Gasteiger partial charge on any atom is -0.341 e. The number of aryl methyl sites for hydroxylation is 1. The van der Waals surface area contributed by atoms with Gasteiger partial charge in [0, 0.05) is 30.9 Å². The van der Waals surface area contributed by atoms with Crippen molar-refractivity contribution < 1.29 is 4.79 Å². The van der Waals surface area contributed by atoms with Crippen LogP contribution in [0, 0.1) is 13.8 Å². The number of nitrogens with two attached hydrogens (primary N) is 1. The van der Waals surface area contributed by atoms with E-state index < -0.39 is 0 Å². The van der Waals surface area contributed by atoms with E-state index in [1.54, 1.807) is 11.9 Å². The Bertz CT molecular complexity index is 648. The maximum absolute atomic E-state index is 12.4. The standard InChI is InChI=1S/C17H24N4O/c1-12(11-18)20(4)17(22)10-16-13(2)19-21(14(16)3)15-8-6-5-7-9-15/h5-9,12H,10-11,18H2,1-4H3. The molecule has 0 spiro atoms. The Morgan fingerprint density at radius 2 is 1.95 bits per heavy atom. The minimum absolute atomic E-state index is 0.0391. The molecule has 1 aromatic carbocycles. The van der Waals surface area contributed by atoms with Crippen molar-refractivity contribution in [1.82, 2.24) is 14.7 Å². The fourth-order valence-electron chi connectivity index (χ4n) is 2.43. The van der Waals surface area contributed by atoms with Gasteiger partial charge < -0.3 is 10.6 Å². The average molecular weight is 300 g/mol. The zero-order chi connectivity index (χ0) is 16.3. The van der Waals surface area contributed by atoms with Crippen LogP contribution in [0.5, 0.6) is 0 Å². The maximum Gasteiger partial charge on any atom is 0.227 e. The number of benzene rings is 1. The number of para-hydroxylation sites is 1. The van der Waals surface area contributed by atoms with E-state index >= 15 is 0 Å². The second-order valence-corrected chi connectivity index (χ2v) is 5.66. The molecule has 0 aliphatic heterocycles. The quantitative estimate of drug-likeness (QED) is 0.916. The summed E-state index contributed by atoms with van der Waals surface area (Å²) >= 11 is 0. The van der Waals surface area contributed by atoms with E-state index in [4.69, 9.17) is 5.73 Å². The van der Waals surface area contributed by atoms with Crippen LogP contribution in [0.25, 0.3) is 5.69 Å². The number of hydrogen-bond donors (Lipinski definition) is 1. The molecule has 5 nitrogen and oxygen atoms in total. The Balaban J connectivity index is 2.26. The summed E-state index contributed by atoms with van der Waals surface area (Å²) in [6.07, 6.45) is 0.353. The van der Waals surface area contributed by atoms with E-state index in [1.807, 2.05) is 55.8 Å². The number of nitrogens with zero attached hydrogens (tertiary/aromatic N) is 3. The lowest BCUT2D eigenvalue weighted by molar-refractivity contribution is -0.130. The van der Waals surface area contributed by atoms with Crippen LogP contribution in [0.2, 0.25) is 0 Å². The van der Waals surface area contributed by atoms with Crippen LogP contribution in [0.3, 0.4) is 0 Å². The van der Waals surface area contributed by atoms with E-state index in [0.717, 1.165) is 22.6 Å². The molecular weight excluding hydrogens is 276 g/mol. The molecule has 1 atom stereocenters. The summed E-state index contributed by atoms with van der Waals surface area (Å²) in [6.45, 7) is 6.36. The van der Waals surface area contributed by atoms with Gasteiger partial charge in [0.15, 0.2) is 0 Å². The SMILES string of the molecule is Cc1nn(-c2ccccc2)c(C)c1CC(=O)N(C)C(C)CN. The van der Waals surface area contributed by atoms with E-state index in [1.165, 1.54) is 0 Å². The Hall–Kier alpha value is -2.14. The van der Waals surface area contributed by atoms with Crippen molar-refractivity contribution in [2.24, 2.45) is 5.73 Å². The summed E-state index contributed by atoms with van der Waals surface area (Å²) in [7, 11) is 1.80. The van der Waals surface area contributed by atoms with E-state index in [2.05, 4.69) is 5.10 Å². The number of aromatic nitrogens is 2. The first-order chi connectivity index (χ1) is 10.5. The lowest BCUT2D eigenvalue weighted by atomic mass is 10.1. The molecule has 0 bridgehead atoms. The fraction of sp³-hybridized carbons (Fsp3) is 0.412. The minimum atomic E-state index is 0.0391. The third-order valence-corrected chi connectivity index (χ3v) is 4.17. The largest absolute Gasteiger partial charge is 0.341 e. The molecule has 0 fully saturated rings. The summed E-state index contributed by atoms with van der Waals surface area (Å²) in [5, 5.41) is 4.58. The predicted octanol–water partition coefficient (Wildman–Crippen LogP) is 1.84. The van der Waals surface area contributed by atoms with Crippen LogP contribution in [-0.2, 0) is 11.2 Å². The lowest BCUT2D eigenvalue weighted by Crippen LogP contribution is -2.40. The van der Waals surface area contributed by atoms with Crippen LogP contribution >= 0.6 is 0 Å². The molecule has 22 heavy (non-hydrogen) atoms. The number of amides is 1. The highest BCUT2D eigenvalue weighted by atomic mass is 16.2. The summed E-state index contributed by atoms with van der Waals surface area (Å²) in [4.78, 5) is 14.1. The first-order valence-electron chi connectivity index (χ1n) is 7.52. The second-order valence-electron chi connectivity index (χ2n) is 5.66. The summed E-state index contributed by atoms with van der Waals surface area (Å²) in [6, 6.07) is 9.99. The Morgan fingerprint density at radius 1 is 1.32 bits per heavy atom. The number of hydrogen-bond acceptors (Lipinski definition) is 3. The van der Waals surface area contributed by atoms with Gasteiger partial charge in [-0.1, -0.05) is 18.2 Å². The van der Waals surface area contributed by atoms with Crippen molar-refractivity contribution in [3.8, 4) is 5.69 Å².